The minimum absolute atomic E-state index is 0.236. The molecule has 0 aliphatic rings. The lowest BCUT2D eigenvalue weighted by Gasteiger charge is -2.29. The number of nitriles is 1. The standard InChI is InChI=1S/C29H25N3O/c30-23-29(24-13-5-1-6-14-24,25-15-7-2-8-16-25)21-22-31-28(33)32(26-17-9-3-10-18-26)27-19-11-4-12-20-27/h1-20H,21-22H2,(H,31,33). The summed E-state index contributed by atoms with van der Waals surface area (Å²) in [5.74, 6) is 0. The van der Waals surface area contributed by atoms with Gasteiger partial charge in [0.05, 0.1) is 17.4 Å². The Hall–Kier alpha value is -4.36. The fraction of sp³-hybridized carbons (Fsp3) is 0.103. The van der Waals surface area contributed by atoms with Gasteiger partial charge in [-0.25, -0.2) is 4.79 Å². The Labute approximate surface area is 194 Å². The molecule has 4 nitrogen and oxygen atoms in total. The molecule has 4 rings (SSSR count). The summed E-state index contributed by atoms with van der Waals surface area (Å²) in [5.41, 5.74) is 2.52. The summed E-state index contributed by atoms with van der Waals surface area (Å²) in [6.45, 7) is 0.340. The van der Waals surface area contributed by atoms with Gasteiger partial charge in [0.15, 0.2) is 0 Å². The van der Waals surface area contributed by atoms with E-state index in [-0.39, 0.29) is 6.03 Å². The number of anilines is 2. The summed E-state index contributed by atoms with van der Waals surface area (Å²) in [5, 5.41) is 13.4. The van der Waals surface area contributed by atoms with Crippen molar-refractivity contribution in [3.63, 3.8) is 0 Å². The Kier molecular flexibility index (Phi) is 6.82. The number of hydrogen-bond acceptors (Lipinski definition) is 2. The number of rotatable bonds is 7. The molecule has 162 valence electrons. The van der Waals surface area contributed by atoms with Gasteiger partial charge >= 0.3 is 6.03 Å². The molecule has 4 aromatic rings. The molecule has 0 saturated heterocycles. The number of nitrogens with one attached hydrogen (secondary N) is 1. The maximum absolute atomic E-state index is 13.3. The summed E-state index contributed by atoms with van der Waals surface area (Å²) < 4.78 is 0. The smallest absolute Gasteiger partial charge is 0.326 e. The van der Waals surface area contributed by atoms with Crippen molar-refractivity contribution in [2.75, 3.05) is 11.4 Å². The third kappa shape index (κ3) is 4.78. The third-order valence-corrected chi connectivity index (χ3v) is 5.73. The lowest BCUT2D eigenvalue weighted by atomic mass is 9.73. The van der Waals surface area contributed by atoms with Crippen molar-refractivity contribution in [1.82, 2.24) is 5.32 Å². The van der Waals surface area contributed by atoms with E-state index in [1.54, 1.807) is 4.90 Å². The van der Waals surface area contributed by atoms with E-state index < -0.39 is 5.41 Å². The van der Waals surface area contributed by atoms with E-state index in [9.17, 15) is 10.1 Å². The van der Waals surface area contributed by atoms with Gasteiger partial charge in [0.1, 0.15) is 5.41 Å². The zero-order valence-electron chi connectivity index (χ0n) is 18.3. The van der Waals surface area contributed by atoms with E-state index in [0.717, 1.165) is 22.5 Å². The van der Waals surface area contributed by atoms with Crippen molar-refractivity contribution >= 4 is 17.4 Å². The first-order valence-corrected chi connectivity index (χ1v) is 10.9. The molecule has 0 spiro atoms. The van der Waals surface area contributed by atoms with Gasteiger partial charge in [0, 0.05) is 6.54 Å². The first kappa shape index (κ1) is 21.9. The number of carbonyl (C=O) groups excluding carboxylic acids is 1. The minimum atomic E-state index is -0.861. The highest BCUT2D eigenvalue weighted by atomic mass is 16.2. The van der Waals surface area contributed by atoms with Crippen LogP contribution in [-0.4, -0.2) is 12.6 Å². The van der Waals surface area contributed by atoms with E-state index in [1.807, 2.05) is 121 Å². The maximum atomic E-state index is 13.3. The van der Waals surface area contributed by atoms with Crippen LogP contribution in [0.5, 0.6) is 0 Å². The summed E-state index contributed by atoms with van der Waals surface area (Å²) in [4.78, 5) is 15.0. The molecule has 2 amide bonds. The molecule has 0 aliphatic carbocycles. The largest absolute Gasteiger partial charge is 0.337 e. The molecule has 0 bridgehead atoms. The molecule has 0 unspecified atom stereocenters. The highest BCUT2D eigenvalue weighted by Crippen LogP contribution is 2.35. The van der Waals surface area contributed by atoms with Crippen LogP contribution in [0, 0.1) is 11.3 Å². The highest BCUT2D eigenvalue weighted by molar-refractivity contribution is 5.99. The van der Waals surface area contributed by atoms with Gasteiger partial charge in [-0.15, -0.1) is 0 Å². The number of benzene rings is 4. The average molecular weight is 432 g/mol. The molecule has 4 heteroatoms. The second kappa shape index (κ2) is 10.3. The Bertz CT molecular complexity index is 1120. The van der Waals surface area contributed by atoms with Crippen molar-refractivity contribution in [3.8, 4) is 6.07 Å². The number of para-hydroxylation sites is 2. The molecule has 0 saturated carbocycles. The van der Waals surface area contributed by atoms with Crippen LogP contribution in [0.3, 0.4) is 0 Å². The average Bonchev–Trinajstić information content (AvgIpc) is 2.89. The number of hydrogen-bond donors (Lipinski definition) is 1. The summed E-state index contributed by atoms with van der Waals surface area (Å²) in [6.07, 6.45) is 0.445. The fourth-order valence-electron chi connectivity index (χ4n) is 4.06. The van der Waals surface area contributed by atoms with Gasteiger partial charge in [-0.1, -0.05) is 97.1 Å². The summed E-state index contributed by atoms with van der Waals surface area (Å²) in [7, 11) is 0. The molecule has 33 heavy (non-hydrogen) atoms. The van der Waals surface area contributed by atoms with Crippen LogP contribution < -0.4 is 10.2 Å². The SMILES string of the molecule is N#CC(CCNC(=O)N(c1ccccc1)c1ccccc1)(c1ccccc1)c1ccccc1. The topological polar surface area (TPSA) is 56.1 Å². The molecule has 0 radical (unpaired) electrons. The van der Waals surface area contributed by atoms with Crippen LogP contribution in [0.25, 0.3) is 0 Å². The highest BCUT2D eigenvalue weighted by Gasteiger charge is 2.34. The molecule has 0 heterocycles. The van der Waals surface area contributed by atoms with Crippen molar-refractivity contribution < 1.29 is 4.79 Å². The summed E-state index contributed by atoms with van der Waals surface area (Å²) in [6, 6.07) is 40.9. The van der Waals surface area contributed by atoms with Crippen molar-refractivity contribution in [2.45, 2.75) is 11.8 Å². The molecule has 4 aromatic carbocycles. The second-order valence-corrected chi connectivity index (χ2v) is 7.74. The molecular formula is C29H25N3O. The van der Waals surface area contributed by atoms with E-state index in [1.165, 1.54) is 0 Å². The molecule has 0 atom stereocenters. The Morgan fingerprint density at radius 1 is 0.697 bits per heavy atom. The third-order valence-electron chi connectivity index (χ3n) is 5.73. The van der Waals surface area contributed by atoms with E-state index in [0.29, 0.717) is 13.0 Å². The van der Waals surface area contributed by atoms with Gasteiger partial charge in [-0.3, -0.25) is 4.90 Å². The monoisotopic (exact) mass is 431 g/mol. The van der Waals surface area contributed by atoms with Crippen LogP contribution in [-0.2, 0) is 5.41 Å². The molecule has 1 N–H and O–H groups in total. The van der Waals surface area contributed by atoms with Gasteiger partial charge in [-0.2, -0.15) is 5.26 Å². The van der Waals surface area contributed by atoms with Crippen LogP contribution in [0.15, 0.2) is 121 Å². The predicted molar refractivity (Wildman–Crippen MR) is 132 cm³/mol. The molecule has 0 fully saturated rings. The van der Waals surface area contributed by atoms with E-state index >= 15 is 0 Å². The Balaban J connectivity index is 1.59. The van der Waals surface area contributed by atoms with Crippen molar-refractivity contribution in [2.24, 2.45) is 0 Å². The predicted octanol–water partition coefficient (Wildman–Crippen LogP) is 6.43. The Morgan fingerprint density at radius 2 is 1.09 bits per heavy atom. The quantitative estimate of drug-likeness (QED) is 0.366. The zero-order valence-corrected chi connectivity index (χ0v) is 18.3. The zero-order chi connectivity index (χ0) is 22.9. The molecule has 0 aromatic heterocycles. The molecule has 0 aliphatic heterocycles. The lowest BCUT2D eigenvalue weighted by Crippen LogP contribution is -2.40. The van der Waals surface area contributed by atoms with E-state index in [2.05, 4.69) is 11.4 Å². The van der Waals surface area contributed by atoms with Gasteiger partial charge in [0.2, 0.25) is 0 Å². The minimum Gasteiger partial charge on any atom is -0.337 e. The first-order chi connectivity index (χ1) is 16.2. The normalized spacial score (nSPS) is 10.8. The maximum Gasteiger partial charge on any atom is 0.326 e. The molecular weight excluding hydrogens is 406 g/mol. The Morgan fingerprint density at radius 3 is 1.48 bits per heavy atom. The van der Waals surface area contributed by atoms with Gasteiger partial charge in [-0.05, 0) is 41.8 Å². The van der Waals surface area contributed by atoms with Gasteiger partial charge in [0.25, 0.3) is 0 Å². The number of carbonyl (C=O) groups is 1. The van der Waals surface area contributed by atoms with Crippen LogP contribution in [0.1, 0.15) is 17.5 Å². The first-order valence-electron chi connectivity index (χ1n) is 10.9. The van der Waals surface area contributed by atoms with E-state index in [4.69, 9.17) is 0 Å². The summed E-state index contributed by atoms with van der Waals surface area (Å²) >= 11 is 0. The van der Waals surface area contributed by atoms with Crippen molar-refractivity contribution in [3.05, 3.63) is 132 Å². The van der Waals surface area contributed by atoms with Gasteiger partial charge < -0.3 is 5.32 Å². The van der Waals surface area contributed by atoms with Crippen molar-refractivity contribution in [1.29, 1.82) is 5.26 Å². The second-order valence-electron chi connectivity index (χ2n) is 7.74. The fourth-order valence-corrected chi connectivity index (χ4v) is 4.06. The number of urea groups is 1. The van der Waals surface area contributed by atoms with Crippen LogP contribution in [0.2, 0.25) is 0 Å². The van der Waals surface area contributed by atoms with Crippen LogP contribution >= 0.6 is 0 Å². The van der Waals surface area contributed by atoms with Crippen LogP contribution in [0.4, 0.5) is 16.2 Å². The lowest BCUT2D eigenvalue weighted by molar-refractivity contribution is 0.248. The number of amides is 2. The number of nitrogens with zero attached hydrogens (tertiary/aromatic N) is 2.